The van der Waals surface area contributed by atoms with Crippen LogP contribution < -0.4 is 22.0 Å². The predicted octanol–water partition coefficient (Wildman–Crippen LogP) is -1.76. The van der Waals surface area contributed by atoms with Crippen LogP contribution in [0, 0.1) is 10.8 Å². The maximum atomic E-state index is 11.7. The SMILES string of the molecule is COc1ccc(C2(O)C(C)(C)C([NH+]3CCOCC3)C2(C)C)cc1.[Cl-]. The molecule has 1 aliphatic heterocycles. The molecule has 4 nitrogen and oxygen atoms in total. The van der Waals surface area contributed by atoms with Crippen molar-refractivity contribution in [2.75, 3.05) is 33.4 Å². The lowest BCUT2D eigenvalue weighted by Gasteiger charge is -2.69. The van der Waals surface area contributed by atoms with E-state index in [1.54, 1.807) is 12.0 Å². The molecule has 136 valence electrons. The van der Waals surface area contributed by atoms with Crippen molar-refractivity contribution < 1.29 is 31.9 Å². The molecular formula is C19H30ClNO3. The largest absolute Gasteiger partial charge is 1.00 e. The summed E-state index contributed by atoms with van der Waals surface area (Å²) in [6, 6.07) is 8.30. The number of halogens is 1. The smallest absolute Gasteiger partial charge is 0.118 e. The van der Waals surface area contributed by atoms with E-state index in [1.807, 2.05) is 24.3 Å². The molecule has 1 saturated heterocycles. The second-order valence-electron chi connectivity index (χ2n) is 8.09. The quantitative estimate of drug-likeness (QED) is 0.675. The fraction of sp³-hybridized carbons (Fsp3) is 0.684. The highest BCUT2D eigenvalue weighted by Crippen LogP contribution is 2.65. The van der Waals surface area contributed by atoms with Crippen LogP contribution in [0.1, 0.15) is 33.3 Å². The zero-order valence-electron chi connectivity index (χ0n) is 15.4. The number of methoxy groups -OCH3 is 1. The first-order chi connectivity index (χ1) is 10.8. The number of quaternary nitrogens is 1. The van der Waals surface area contributed by atoms with Crippen LogP contribution in [-0.2, 0) is 10.3 Å². The van der Waals surface area contributed by atoms with Crippen molar-refractivity contribution in [2.45, 2.75) is 39.3 Å². The molecule has 5 heteroatoms. The standard InChI is InChI=1S/C19H29NO3.ClH/c1-17(2)16(20-10-12-23-13-11-20)18(3,4)19(17,21)14-6-8-15(22-5)9-7-14;/h6-9,16,21H,10-13H2,1-5H3;1H. The van der Waals surface area contributed by atoms with Gasteiger partial charge in [0.2, 0.25) is 0 Å². The highest BCUT2D eigenvalue weighted by Gasteiger charge is 2.76. The molecule has 1 aromatic carbocycles. The van der Waals surface area contributed by atoms with E-state index in [-0.39, 0.29) is 23.2 Å². The Labute approximate surface area is 151 Å². The molecule has 2 N–H and O–H groups in total. The van der Waals surface area contributed by atoms with Crippen molar-refractivity contribution in [2.24, 2.45) is 10.8 Å². The second-order valence-corrected chi connectivity index (χ2v) is 8.09. The lowest BCUT2D eigenvalue weighted by molar-refractivity contribution is -0.962. The molecule has 0 radical (unpaired) electrons. The van der Waals surface area contributed by atoms with Crippen LogP contribution in [0.15, 0.2) is 24.3 Å². The molecule has 2 fully saturated rings. The third-order valence-electron chi connectivity index (χ3n) is 6.36. The van der Waals surface area contributed by atoms with Gasteiger partial charge < -0.3 is 31.9 Å². The van der Waals surface area contributed by atoms with E-state index < -0.39 is 5.60 Å². The van der Waals surface area contributed by atoms with Crippen LogP contribution in [0.25, 0.3) is 0 Å². The van der Waals surface area contributed by atoms with Crippen molar-refractivity contribution in [3.63, 3.8) is 0 Å². The monoisotopic (exact) mass is 355 g/mol. The van der Waals surface area contributed by atoms with Crippen molar-refractivity contribution in [3.8, 4) is 5.75 Å². The van der Waals surface area contributed by atoms with Crippen LogP contribution in [-0.4, -0.2) is 44.6 Å². The van der Waals surface area contributed by atoms with Gasteiger partial charge in [0.25, 0.3) is 0 Å². The molecule has 1 aliphatic carbocycles. The maximum absolute atomic E-state index is 11.7. The first kappa shape index (κ1) is 19.5. The Hall–Kier alpha value is -0.810. The lowest BCUT2D eigenvalue weighted by Crippen LogP contribution is -3.23. The number of benzene rings is 1. The summed E-state index contributed by atoms with van der Waals surface area (Å²) in [5.74, 6) is 0.822. The average Bonchev–Trinajstić information content (AvgIpc) is 2.54. The van der Waals surface area contributed by atoms with E-state index in [4.69, 9.17) is 9.47 Å². The van der Waals surface area contributed by atoms with Gasteiger partial charge in [-0.15, -0.1) is 0 Å². The molecule has 0 bridgehead atoms. The van der Waals surface area contributed by atoms with E-state index in [2.05, 4.69) is 27.7 Å². The Bertz CT molecular complexity index is 548. The minimum absolute atomic E-state index is 0. The fourth-order valence-corrected chi connectivity index (χ4v) is 5.59. The molecule has 1 heterocycles. The molecule has 2 aliphatic rings. The fourth-order valence-electron chi connectivity index (χ4n) is 5.59. The van der Waals surface area contributed by atoms with Crippen molar-refractivity contribution >= 4 is 0 Å². The van der Waals surface area contributed by atoms with Gasteiger partial charge in [0.05, 0.1) is 31.2 Å². The van der Waals surface area contributed by atoms with Crippen LogP contribution in [0.5, 0.6) is 5.75 Å². The minimum atomic E-state index is -0.845. The lowest BCUT2D eigenvalue weighted by atomic mass is 9.39. The normalized spacial score (nSPS) is 31.7. The van der Waals surface area contributed by atoms with Gasteiger partial charge in [0, 0.05) is 0 Å². The Morgan fingerprint density at radius 2 is 1.54 bits per heavy atom. The van der Waals surface area contributed by atoms with E-state index >= 15 is 0 Å². The Kier molecular flexibility index (Phi) is 5.27. The summed E-state index contributed by atoms with van der Waals surface area (Å²) >= 11 is 0. The van der Waals surface area contributed by atoms with Gasteiger partial charge in [0.1, 0.15) is 30.5 Å². The van der Waals surface area contributed by atoms with Gasteiger partial charge >= 0.3 is 0 Å². The van der Waals surface area contributed by atoms with E-state index in [0.29, 0.717) is 6.04 Å². The van der Waals surface area contributed by atoms with Gasteiger partial charge in [0.15, 0.2) is 0 Å². The molecule has 0 spiro atoms. The van der Waals surface area contributed by atoms with Gasteiger partial charge in [-0.2, -0.15) is 0 Å². The summed E-state index contributed by atoms with van der Waals surface area (Å²) in [5, 5.41) is 11.7. The highest BCUT2D eigenvalue weighted by molar-refractivity contribution is 5.38. The predicted molar refractivity (Wildman–Crippen MR) is 89.8 cm³/mol. The zero-order valence-corrected chi connectivity index (χ0v) is 16.1. The topological polar surface area (TPSA) is 43.1 Å². The molecular weight excluding hydrogens is 326 g/mol. The number of ether oxygens (including phenoxy) is 2. The highest BCUT2D eigenvalue weighted by atomic mass is 35.5. The molecule has 0 aromatic heterocycles. The van der Waals surface area contributed by atoms with Crippen molar-refractivity contribution in [3.05, 3.63) is 29.8 Å². The minimum Gasteiger partial charge on any atom is -1.00 e. The number of hydrogen-bond acceptors (Lipinski definition) is 3. The zero-order chi connectivity index (χ0) is 16.9. The molecule has 0 amide bonds. The number of nitrogens with one attached hydrogen (secondary N) is 1. The first-order valence-corrected chi connectivity index (χ1v) is 8.56. The van der Waals surface area contributed by atoms with Gasteiger partial charge in [-0.3, -0.25) is 0 Å². The third kappa shape index (κ3) is 2.47. The Morgan fingerprint density at radius 3 is 2.00 bits per heavy atom. The van der Waals surface area contributed by atoms with E-state index in [1.165, 1.54) is 0 Å². The van der Waals surface area contributed by atoms with Crippen LogP contribution in [0.4, 0.5) is 0 Å². The van der Waals surface area contributed by atoms with Crippen LogP contribution in [0.2, 0.25) is 0 Å². The van der Waals surface area contributed by atoms with Crippen LogP contribution in [0.3, 0.4) is 0 Å². The summed E-state index contributed by atoms with van der Waals surface area (Å²) in [4.78, 5) is 1.56. The van der Waals surface area contributed by atoms with Gasteiger partial charge in [-0.25, -0.2) is 0 Å². The summed E-state index contributed by atoms with van der Waals surface area (Å²) < 4.78 is 10.8. The van der Waals surface area contributed by atoms with Gasteiger partial charge in [-0.05, 0) is 17.7 Å². The Morgan fingerprint density at radius 1 is 1.04 bits per heavy atom. The van der Waals surface area contributed by atoms with E-state index in [0.717, 1.165) is 37.6 Å². The summed E-state index contributed by atoms with van der Waals surface area (Å²) in [7, 11) is 1.67. The average molecular weight is 356 g/mol. The maximum Gasteiger partial charge on any atom is 0.118 e. The summed E-state index contributed by atoms with van der Waals surface area (Å²) in [6.45, 7) is 12.5. The molecule has 1 saturated carbocycles. The molecule has 24 heavy (non-hydrogen) atoms. The van der Waals surface area contributed by atoms with Crippen LogP contribution >= 0.6 is 0 Å². The third-order valence-corrected chi connectivity index (χ3v) is 6.36. The summed E-state index contributed by atoms with van der Waals surface area (Å²) in [6.07, 6.45) is 0. The second kappa shape index (κ2) is 6.49. The molecule has 1 aromatic rings. The molecule has 0 unspecified atom stereocenters. The number of aliphatic hydroxyl groups is 1. The Balaban J connectivity index is 0.00000208. The van der Waals surface area contributed by atoms with E-state index in [9.17, 15) is 5.11 Å². The molecule has 0 atom stereocenters. The molecule has 3 rings (SSSR count). The number of rotatable bonds is 3. The summed E-state index contributed by atoms with van der Waals surface area (Å²) in [5.41, 5.74) is -0.255. The van der Waals surface area contributed by atoms with Gasteiger partial charge in [-0.1, -0.05) is 39.8 Å². The number of hydrogen-bond donors (Lipinski definition) is 2. The first-order valence-electron chi connectivity index (χ1n) is 8.56. The van der Waals surface area contributed by atoms with Crippen molar-refractivity contribution in [1.29, 1.82) is 0 Å². The van der Waals surface area contributed by atoms with Crippen molar-refractivity contribution in [1.82, 2.24) is 0 Å². The number of morpholine rings is 1.